The van der Waals surface area contributed by atoms with Crippen LogP contribution in [-0.2, 0) is 13.0 Å². The Morgan fingerprint density at radius 2 is 1.90 bits per heavy atom. The van der Waals surface area contributed by atoms with Crippen molar-refractivity contribution in [1.82, 2.24) is 29.9 Å². The van der Waals surface area contributed by atoms with E-state index in [1.807, 2.05) is 6.20 Å². The lowest BCUT2D eigenvalue weighted by molar-refractivity contribution is 0.356. The Bertz CT molecular complexity index is 1270. The zero-order chi connectivity index (χ0) is 21.4. The molecule has 0 fully saturated rings. The molecule has 0 saturated heterocycles. The summed E-state index contributed by atoms with van der Waals surface area (Å²) in [4.78, 5) is 28.7. The Labute approximate surface area is 178 Å². The van der Waals surface area contributed by atoms with Crippen LogP contribution >= 0.6 is 0 Å². The monoisotopic (exact) mass is 416 g/mol. The fourth-order valence-electron chi connectivity index (χ4n) is 3.84. The molecule has 0 spiro atoms. The van der Waals surface area contributed by atoms with Crippen LogP contribution in [0.15, 0.2) is 37.1 Å². The van der Waals surface area contributed by atoms with E-state index in [4.69, 9.17) is 20.2 Å². The van der Waals surface area contributed by atoms with Gasteiger partial charge in [0.1, 0.15) is 12.1 Å². The summed E-state index contributed by atoms with van der Waals surface area (Å²) in [6.45, 7) is 1.35. The lowest BCUT2D eigenvalue weighted by Crippen LogP contribution is -2.32. The third-order valence-electron chi connectivity index (χ3n) is 5.28. The summed E-state index contributed by atoms with van der Waals surface area (Å²) in [5.41, 5.74) is 9.78. The molecule has 4 aromatic rings. The number of methoxy groups -OCH3 is 2. The number of fused-ring (bicyclic) bond motifs is 2. The van der Waals surface area contributed by atoms with Gasteiger partial charge >= 0.3 is 0 Å². The molecule has 0 atom stereocenters. The molecule has 0 unspecified atom stereocenters. The first-order valence-electron chi connectivity index (χ1n) is 9.72. The lowest BCUT2D eigenvalue weighted by Gasteiger charge is -2.28. The van der Waals surface area contributed by atoms with Crippen LogP contribution in [0.3, 0.4) is 0 Å². The van der Waals surface area contributed by atoms with Crippen LogP contribution in [0.2, 0.25) is 0 Å². The molecule has 156 valence electrons. The fraction of sp³-hybridized carbons (Fsp3) is 0.238. The maximum atomic E-state index is 6.46. The summed E-state index contributed by atoms with van der Waals surface area (Å²) >= 11 is 0. The number of hydrogen-bond donors (Lipinski definition) is 1. The van der Waals surface area contributed by atoms with Crippen molar-refractivity contribution in [2.24, 2.45) is 0 Å². The van der Waals surface area contributed by atoms with Gasteiger partial charge in [0.25, 0.3) is 0 Å². The summed E-state index contributed by atoms with van der Waals surface area (Å²) in [5.74, 6) is 2.30. The second kappa shape index (κ2) is 7.63. The quantitative estimate of drug-likeness (QED) is 0.528. The minimum Gasteiger partial charge on any atom is -0.493 e. The normalized spacial score (nSPS) is 13.2. The Morgan fingerprint density at radius 1 is 1.06 bits per heavy atom. The molecule has 1 aliphatic heterocycles. The molecule has 0 bridgehead atoms. The van der Waals surface area contributed by atoms with Crippen molar-refractivity contribution < 1.29 is 9.47 Å². The first-order valence-corrected chi connectivity index (χ1v) is 9.72. The zero-order valence-corrected chi connectivity index (χ0v) is 17.1. The number of hydrogen-bond acceptors (Lipinski definition) is 10. The van der Waals surface area contributed by atoms with E-state index in [-0.39, 0.29) is 0 Å². The molecule has 3 aromatic heterocycles. The van der Waals surface area contributed by atoms with Gasteiger partial charge in [-0.15, -0.1) is 0 Å². The van der Waals surface area contributed by atoms with Crippen LogP contribution in [0.5, 0.6) is 11.5 Å². The molecular weight excluding hydrogens is 396 g/mol. The van der Waals surface area contributed by atoms with Gasteiger partial charge in [0.15, 0.2) is 17.3 Å². The van der Waals surface area contributed by atoms with Crippen molar-refractivity contribution in [3.63, 3.8) is 0 Å². The summed E-state index contributed by atoms with van der Waals surface area (Å²) in [6, 6.07) is 3.54. The molecule has 0 aliphatic carbocycles. The fourth-order valence-corrected chi connectivity index (χ4v) is 3.84. The summed E-state index contributed by atoms with van der Waals surface area (Å²) < 4.78 is 11.2. The van der Waals surface area contributed by atoms with Crippen LogP contribution in [0, 0.1) is 0 Å². The van der Waals surface area contributed by atoms with E-state index in [1.54, 1.807) is 45.1 Å². The molecule has 4 heterocycles. The van der Waals surface area contributed by atoms with E-state index in [9.17, 15) is 0 Å². The summed E-state index contributed by atoms with van der Waals surface area (Å²) in [7, 11) is 3.14. The van der Waals surface area contributed by atoms with Crippen LogP contribution in [0.4, 0.5) is 11.8 Å². The maximum Gasteiger partial charge on any atom is 0.228 e. The maximum absolute atomic E-state index is 6.46. The Hall–Kier alpha value is -4.08. The zero-order valence-electron chi connectivity index (χ0n) is 17.1. The number of nitrogens with zero attached hydrogens (tertiary/aromatic N) is 7. The van der Waals surface area contributed by atoms with Gasteiger partial charge in [-0.25, -0.2) is 24.9 Å². The van der Waals surface area contributed by atoms with Gasteiger partial charge in [0, 0.05) is 49.7 Å². The standard InChI is InChI=1S/C21H20N8O2/c1-30-15-8-14-16(17(18(15)31-2)20-24-5-3-6-25-20)19(22)28-21(27-14)29-7-4-13-12(10-29)9-23-11-26-13/h3,5-6,8-9,11H,4,7,10H2,1-2H3,(H2,22,27,28). The molecule has 0 amide bonds. The predicted octanol–water partition coefficient (Wildman–Crippen LogP) is 2.04. The van der Waals surface area contributed by atoms with Gasteiger partial charge in [0.2, 0.25) is 5.95 Å². The first kappa shape index (κ1) is 18.9. The van der Waals surface area contributed by atoms with E-state index in [2.05, 4.69) is 29.8 Å². The van der Waals surface area contributed by atoms with E-state index in [0.29, 0.717) is 52.1 Å². The highest BCUT2D eigenvalue weighted by atomic mass is 16.5. The highest BCUT2D eigenvalue weighted by Gasteiger charge is 2.25. The van der Waals surface area contributed by atoms with Crippen molar-refractivity contribution in [1.29, 1.82) is 0 Å². The molecule has 10 nitrogen and oxygen atoms in total. The van der Waals surface area contributed by atoms with E-state index >= 15 is 0 Å². The van der Waals surface area contributed by atoms with E-state index in [1.165, 1.54) is 0 Å². The van der Waals surface area contributed by atoms with E-state index < -0.39 is 0 Å². The minimum atomic E-state index is 0.318. The van der Waals surface area contributed by atoms with Gasteiger partial charge in [-0.05, 0) is 6.07 Å². The lowest BCUT2D eigenvalue weighted by atomic mass is 10.1. The summed E-state index contributed by atoms with van der Waals surface area (Å²) in [6.07, 6.45) is 7.51. The van der Waals surface area contributed by atoms with Crippen molar-refractivity contribution in [3.8, 4) is 22.9 Å². The SMILES string of the molecule is COc1cc2nc(N3CCc4ncncc4C3)nc(N)c2c(-c2ncccn2)c1OC. The van der Waals surface area contributed by atoms with Crippen LogP contribution < -0.4 is 20.1 Å². The molecule has 1 aromatic carbocycles. The number of nitrogen functional groups attached to an aromatic ring is 1. The van der Waals surface area contributed by atoms with Crippen LogP contribution in [-0.4, -0.2) is 50.7 Å². The van der Waals surface area contributed by atoms with Gasteiger partial charge < -0.3 is 20.1 Å². The highest BCUT2D eigenvalue weighted by Crippen LogP contribution is 2.44. The average molecular weight is 416 g/mol. The molecule has 5 rings (SSSR count). The minimum absolute atomic E-state index is 0.318. The predicted molar refractivity (Wildman–Crippen MR) is 115 cm³/mol. The Balaban J connectivity index is 1.69. The van der Waals surface area contributed by atoms with Crippen LogP contribution in [0.1, 0.15) is 11.3 Å². The molecule has 0 saturated carbocycles. The number of ether oxygens (including phenoxy) is 2. The number of nitrogens with two attached hydrogens (primary N) is 1. The second-order valence-corrected chi connectivity index (χ2v) is 7.03. The van der Waals surface area contributed by atoms with Gasteiger partial charge in [-0.3, -0.25) is 0 Å². The topological polar surface area (TPSA) is 125 Å². The first-order chi connectivity index (χ1) is 15.2. The summed E-state index contributed by atoms with van der Waals surface area (Å²) in [5, 5.41) is 0.619. The van der Waals surface area contributed by atoms with Gasteiger partial charge in [-0.1, -0.05) is 0 Å². The molecule has 2 N–H and O–H groups in total. The van der Waals surface area contributed by atoms with Crippen molar-refractivity contribution >= 4 is 22.7 Å². The smallest absolute Gasteiger partial charge is 0.228 e. The van der Waals surface area contributed by atoms with Gasteiger partial charge in [0.05, 0.1) is 36.4 Å². The van der Waals surface area contributed by atoms with Crippen molar-refractivity contribution in [3.05, 3.63) is 48.3 Å². The molecule has 0 radical (unpaired) electrons. The third kappa shape index (κ3) is 3.21. The molecular formula is C21H20N8O2. The molecule has 10 heteroatoms. The van der Waals surface area contributed by atoms with Gasteiger partial charge in [-0.2, -0.15) is 4.98 Å². The van der Waals surface area contributed by atoms with Crippen molar-refractivity contribution in [2.75, 3.05) is 31.4 Å². The second-order valence-electron chi connectivity index (χ2n) is 7.03. The largest absolute Gasteiger partial charge is 0.493 e. The van der Waals surface area contributed by atoms with Crippen molar-refractivity contribution in [2.45, 2.75) is 13.0 Å². The Morgan fingerprint density at radius 3 is 2.68 bits per heavy atom. The molecule has 1 aliphatic rings. The third-order valence-corrected chi connectivity index (χ3v) is 5.28. The van der Waals surface area contributed by atoms with E-state index in [0.717, 1.165) is 24.2 Å². The average Bonchev–Trinajstić information content (AvgIpc) is 2.82. The number of anilines is 2. The molecule has 31 heavy (non-hydrogen) atoms. The van der Waals surface area contributed by atoms with Crippen LogP contribution in [0.25, 0.3) is 22.3 Å². The Kier molecular flexibility index (Phi) is 4.66. The number of rotatable bonds is 4. The number of benzene rings is 1. The number of aromatic nitrogens is 6. The highest BCUT2D eigenvalue weighted by molar-refractivity contribution is 6.04.